The Balaban J connectivity index is 1.43. The molecule has 1 aliphatic rings. The minimum atomic E-state index is 0.770. The fourth-order valence-electron chi connectivity index (χ4n) is 3.67. The second-order valence-corrected chi connectivity index (χ2v) is 6.71. The van der Waals surface area contributed by atoms with Crippen molar-refractivity contribution in [2.75, 3.05) is 45.3 Å². The summed E-state index contributed by atoms with van der Waals surface area (Å²) in [5, 5.41) is 1.10. The molecule has 0 spiro atoms. The molecule has 1 fully saturated rings. The predicted octanol–water partition coefficient (Wildman–Crippen LogP) is 3.37. The van der Waals surface area contributed by atoms with E-state index in [0.717, 1.165) is 55.1 Å². The molecule has 0 saturated carbocycles. The number of piperazine rings is 1. The lowest BCUT2D eigenvalue weighted by Gasteiger charge is -2.36. The average molecular weight is 362 g/mol. The van der Waals surface area contributed by atoms with Crippen LogP contribution in [0.15, 0.2) is 48.7 Å². The number of nitrogens with zero attached hydrogens (tertiary/aromatic N) is 3. The van der Waals surface area contributed by atoms with Crippen LogP contribution >= 0.6 is 0 Å². The summed E-state index contributed by atoms with van der Waals surface area (Å²) in [7, 11) is 3.34. The van der Waals surface area contributed by atoms with Crippen LogP contribution in [0.4, 0.5) is 5.69 Å². The van der Waals surface area contributed by atoms with Crippen molar-refractivity contribution in [1.82, 2.24) is 9.88 Å². The quantitative estimate of drug-likeness (QED) is 0.696. The molecule has 1 saturated heterocycles. The zero-order valence-electron chi connectivity index (χ0n) is 15.8. The monoisotopic (exact) mass is 362 g/mol. The van der Waals surface area contributed by atoms with Gasteiger partial charge in [0.05, 0.1) is 19.7 Å². The number of anilines is 1. The fourth-order valence-corrected chi connectivity index (χ4v) is 3.67. The highest BCUT2D eigenvalue weighted by Crippen LogP contribution is 2.29. The molecule has 1 radical (unpaired) electrons. The van der Waals surface area contributed by atoms with Crippen molar-refractivity contribution >= 4 is 16.6 Å². The highest BCUT2D eigenvalue weighted by molar-refractivity contribution is 5.91. The van der Waals surface area contributed by atoms with Gasteiger partial charge in [-0.15, -0.1) is 0 Å². The van der Waals surface area contributed by atoms with Crippen LogP contribution in [0, 0.1) is 6.07 Å². The summed E-state index contributed by atoms with van der Waals surface area (Å²) >= 11 is 0. The van der Waals surface area contributed by atoms with Gasteiger partial charge in [0.15, 0.2) is 11.5 Å². The van der Waals surface area contributed by atoms with E-state index in [1.807, 2.05) is 18.2 Å². The Morgan fingerprint density at radius 1 is 1.00 bits per heavy atom. The minimum Gasteiger partial charge on any atom is -0.493 e. The van der Waals surface area contributed by atoms with Crippen LogP contribution in [0.3, 0.4) is 0 Å². The van der Waals surface area contributed by atoms with Gasteiger partial charge in [-0.2, -0.15) is 0 Å². The zero-order chi connectivity index (χ0) is 18.6. The summed E-state index contributed by atoms with van der Waals surface area (Å²) in [4.78, 5) is 9.36. The van der Waals surface area contributed by atoms with Gasteiger partial charge in [-0.25, -0.2) is 0 Å². The number of hydrogen-bond donors (Lipinski definition) is 0. The Kier molecular flexibility index (Phi) is 5.12. The number of aromatic nitrogens is 1. The van der Waals surface area contributed by atoms with Crippen LogP contribution in [-0.4, -0.2) is 50.3 Å². The lowest BCUT2D eigenvalue weighted by Crippen LogP contribution is -2.46. The van der Waals surface area contributed by atoms with Crippen LogP contribution < -0.4 is 14.4 Å². The van der Waals surface area contributed by atoms with E-state index < -0.39 is 0 Å². The molecule has 1 aromatic heterocycles. The largest absolute Gasteiger partial charge is 0.493 e. The molecule has 0 unspecified atom stereocenters. The van der Waals surface area contributed by atoms with Crippen molar-refractivity contribution in [1.29, 1.82) is 0 Å². The first-order valence-electron chi connectivity index (χ1n) is 9.22. The van der Waals surface area contributed by atoms with Gasteiger partial charge >= 0.3 is 0 Å². The average Bonchev–Trinajstić information content (AvgIpc) is 2.74. The molecule has 27 heavy (non-hydrogen) atoms. The van der Waals surface area contributed by atoms with E-state index in [1.165, 1.54) is 11.3 Å². The summed E-state index contributed by atoms with van der Waals surface area (Å²) in [6.07, 6.45) is 1.80. The first kappa shape index (κ1) is 17.6. The van der Waals surface area contributed by atoms with E-state index in [0.29, 0.717) is 0 Å². The van der Waals surface area contributed by atoms with E-state index in [9.17, 15) is 0 Å². The maximum Gasteiger partial charge on any atom is 0.161 e. The van der Waals surface area contributed by atoms with Crippen molar-refractivity contribution < 1.29 is 9.47 Å². The molecule has 4 rings (SSSR count). The Morgan fingerprint density at radius 2 is 1.81 bits per heavy atom. The van der Waals surface area contributed by atoms with Crippen molar-refractivity contribution in [3.8, 4) is 11.5 Å². The predicted molar refractivity (Wildman–Crippen MR) is 108 cm³/mol. The Hall–Kier alpha value is -2.79. The van der Waals surface area contributed by atoms with E-state index >= 15 is 0 Å². The van der Waals surface area contributed by atoms with Crippen molar-refractivity contribution in [3.05, 3.63) is 60.3 Å². The number of hydrogen-bond acceptors (Lipinski definition) is 5. The van der Waals surface area contributed by atoms with Gasteiger partial charge in [0, 0.05) is 50.0 Å². The molecule has 3 aromatic rings. The molecule has 5 heteroatoms. The molecule has 0 aliphatic carbocycles. The molecule has 2 aromatic carbocycles. The number of ether oxygens (including phenoxy) is 2. The Bertz CT molecular complexity index is 915. The van der Waals surface area contributed by atoms with Crippen LogP contribution in [-0.2, 0) is 6.54 Å². The third kappa shape index (κ3) is 3.69. The first-order valence-corrected chi connectivity index (χ1v) is 9.22. The highest BCUT2D eigenvalue weighted by atomic mass is 16.5. The normalized spacial score (nSPS) is 15.1. The van der Waals surface area contributed by atoms with Gasteiger partial charge in [0.1, 0.15) is 0 Å². The maximum atomic E-state index is 5.42. The molecular formula is C22H24N3O2. The van der Waals surface area contributed by atoms with Gasteiger partial charge in [-0.3, -0.25) is 9.88 Å². The van der Waals surface area contributed by atoms with Gasteiger partial charge in [-0.05, 0) is 42.0 Å². The number of rotatable bonds is 5. The molecule has 2 heterocycles. The van der Waals surface area contributed by atoms with E-state index in [1.54, 1.807) is 20.4 Å². The van der Waals surface area contributed by atoms with Crippen LogP contribution in [0.5, 0.6) is 11.5 Å². The topological polar surface area (TPSA) is 37.8 Å². The number of methoxy groups -OCH3 is 2. The summed E-state index contributed by atoms with van der Waals surface area (Å²) in [5.41, 5.74) is 3.47. The SMILES string of the molecule is COc1ccc(CN2CCN(c3cccc4ncc[c]c34)CC2)cc1OC. The molecule has 1 aliphatic heterocycles. The van der Waals surface area contributed by atoms with Gasteiger partial charge in [0.25, 0.3) is 0 Å². The Labute approximate surface area is 160 Å². The van der Waals surface area contributed by atoms with E-state index in [-0.39, 0.29) is 0 Å². The van der Waals surface area contributed by atoms with Crippen molar-refractivity contribution in [2.45, 2.75) is 6.54 Å². The Morgan fingerprint density at radius 3 is 2.59 bits per heavy atom. The maximum absolute atomic E-state index is 5.42. The lowest BCUT2D eigenvalue weighted by atomic mass is 10.1. The molecule has 0 bridgehead atoms. The van der Waals surface area contributed by atoms with E-state index in [2.05, 4.69) is 45.1 Å². The second-order valence-electron chi connectivity index (χ2n) is 6.71. The van der Waals surface area contributed by atoms with Gasteiger partial charge in [-0.1, -0.05) is 12.1 Å². The third-order valence-electron chi connectivity index (χ3n) is 5.10. The fraction of sp³-hybridized carbons (Fsp3) is 0.318. The standard InChI is InChI=1S/C22H24N3O2/c1-26-21-9-8-17(15-22(21)27-2)16-24-11-13-25(14-12-24)20-7-3-6-19-18(20)5-4-10-23-19/h3-4,6-10,15H,11-14,16H2,1-2H3. The smallest absolute Gasteiger partial charge is 0.161 e. The van der Waals surface area contributed by atoms with Gasteiger partial charge < -0.3 is 14.4 Å². The minimum absolute atomic E-state index is 0.770. The highest BCUT2D eigenvalue weighted by Gasteiger charge is 2.19. The van der Waals surface area contributed by atoms with Crippen molar-refractivity contribution in [3.63, 3.8) is 0 Å². The molecule has 5 nitrogen and oxygen atoms in total. The number of benzene rings is 2. The van der Waals surface area contributed by atoms with Crippen LogP contribution in [0.2, 0.25) is 0 Å². The molecule has 0 atom stereocenters. The van der Waals surface area contributed by atoms with Crippen LogP contribution in [0.25, 0.3) is 10.9 Å². The molecular weight excluding hydrogens is 338 g/mol. The summed E-state index contributed by atoms with van der Waals surface area (Å²) in [6.45, 7) is 4.94. The summed E-state index contributed by atoms with van der Waals surface area (Å²) < 4.78 is 10.7. The molecule has 0 amide bonds. The second kappa shape index (κ2) is 7.84. The lowest BCUT2D eigenvalue weighted by molar-refractivity contribution is 0.249. The van der Waals surface area contributed by atoms with Crippen molar-refractivity contribution in [2.24, 2.45) is 0 Å². The third-order valence-corrected chi connectivity index (χ3v) is 5.10. The first-order chi connectivity index (χ1) is 13.3. The van der Waals surface area contributed by atoms with Gasteiger partial charge in [0.2, 0.25) is 0 Å². The number of pyridine rings is 1. The molecule has 0 N–H and O–H groups in total. The zero-order valence-corrected chi connectivity index (χ0v) is 15.8. The molecule has 139 valence electrons. The van der Waals surface area contributed by atoms with E-state index in [4.69, 9.17) is 9.47 Å². The number of fused-ring (bicyclic) bond motifs is 1. The summed E-state index contributed by atoms with van der Waals surface area (Å²) in [5.74, 6) is 1.55. The summed E-state index contributed by atoms with van der Waals surface area (Å²) in [6, 6.07) is 17.7. The van der Waals surface area contributed by atoms with Crippen LogP contribution in [0.1, 0.15) is 5.56 Å².